The zero-order valence-corrected chi connectivity index (χ0v) is 15.0. The van der Waals surface area contributed by atoms with Crippen LogP contribution >= 0.6 is 34.8 Å². The number of aromatic nitrogens is 3. The lowest BCUT2D eigenvalue weighted by molar-refractivity contribution is 0.725. The molecule has 1 aliphatic heterocycles. The van der Waals surface area contributed by atoms with Crippen molar-refractivity contribution in [3.8, 4) is 17.1 Å². The van der Waals surface area contributed by atoms with Crippen molar-refractivity contribution >= 4 is 40.5 Å². The van der Waals surface area contributed by atoms with Gasteiger partial charge in [-0.15, -0.1) is 10.2 Å². The van der Waals surface area contributed by atoms with Gasteiger partial charge in [-0.05, 0) is 36.4 Å². The van der Waals surface area contributed by atoms with E-state index in [0.717, 1.165) is 29.3 Å². The highest BCUT2D eigenvalue weighted by atomic mass is 35.5. The molecule has 1 N–H and O–H groups in total. The third-order valence-corrected chi connectivity index (χ3v) is 4.90. The van der Waals surface area contributed by atoms with E-state index in [0.29, 0.717) is 20.9 Å². The molecule has 0 unspecified atom stereocenters. The number of rotatable bonds is 1. The van der Waals surface area contributed by atoms with Crippen molar-refractivity contribution < 1.29 is 0 Å². The van der Waals surface area contributed by atoms with Gasteiger partial charge in [-0.25, -0.2) is 0 Å². The predicted molar refractivity (Wildman–Crippen MR) is 98.7 cm³/mol. The van der Waals surface area contributed by atoms with E-state index in [1.807, 2.05) is 22.8 Å². The van der Waals surface area contributed by atoms with Gasteiger partial charge >= 0.3 is 0 Å². The van der Waals surface area contributed by atoms with E-state index in [1.165, 1.54) is 0 Å². The van der Waals surface area contributed by atoms with Gasteiger partial charge in [0.2, 0.25) is 0 Å². The van der Waals surface area contributed by atoms with E-state index in [-0.39, 0.29) is 5.92 Å². The lowest BCUT2D eigenvalue weighted by atomic mass is 10.1. The van der Waals surface area contributed by atoms with Gasteiger partial charge in [0.1, 0.15) is 5.82 Å². The average Bonchev–Trinajstić information content (AvgIpc) is 2.94. The van der Waals surface area contributed by atoms with Crippen LogP contribution in [-0.2, 0) is 0 Å². The maximum atomic E-state index is 6.38. The summed E-state index contributed by atoms with van der Waals surface area (Å²) in [5, 5.41) is 14.1. The maximum absolute atomic E-state index is 6.38. The molecule has 24 heavy (non-hydrogen) atoms. The van der Waals surface area contributed by atoms with Gasteiger partial charge in [0.05, 0.1) is 16.4 Å². The van der Waals surface area contributed by atoms with E-state index in [2.05, 4.69) is 22.4 Å². The monoisotopic (exact) mass is 378 g/mol. The van der Waals surface area contributed by atoms with Crippen molar-refractivity contribution in [2.45, 2.75) is 12.8 Å². The number of benzene rings is 2. The fourth-order valence-corrected chi connectivity index (χ4v) is 3.44. The summed E-state index contributed by atoms with van der Waals surface area (Å²) in [7, 11) is 0. The molecule has 0 saturated heterocycles. The van der Waals surface area contributed by atoms with Gasteiger partial charge < -0.3 is 5.32 Å². The highest BCUT2D eigenvalue weighted by Gasteiger charge is 2.26. The Morgan fingerprint density at radius 3 is 2.62 bits per heavy atom. The van der Waals surface area contributed by atoms with Crippen LogP contribution in [0.3, 0.4) is 0 Å². The minimum atomic E-state index is 0.176. The summed E-state index contributed by atoms with van der Waals surface area (Å²) >= 11 is 18.7. The molecular weight excluding hydrogens is 367 g/mol. The van der Waals surface area contributed by atoms with Crippen LogP contribution in [0.4, 0.5) is 5.69 Å². The van der Waals surface area contributed by atoms with Crippen molar-refractivity contribution in [1.82, 2.24) is 14.8 Å². The van der Waals surface area contributed by atoms with Crippen molar-refractivity contribution in [2.24, 2.45) is 0 Å². The van der Waals surface area contributed by atoms with E-state index < -0.39 is 0 Å². The Balaban J connectivity index is 2.02. The van der Waals surface area contributed by atoms with Crippen molar-refractivity contribution in [3.63, 3.8) is 0 Å². The second-order valence-corrected chi connectivity index (χ2v) is 7.06. The first-order chi connectivity index (χ1) is 11.5. The minimum absolute atomic E-state index is 0.176. The quantitative estimate of drug-likeness (QED) is 0.613. The molecule has 7 heteroatoms. The molecule has 1 atom stereocenters. The van der Waals surface area contributed by atoms with Crippen LogP contribution in [-0.4, -0.2) is 21.3 Å². The number of halogens is 3. The molecule has 1 aromatic heterocycles. The summed E-state index contributed by atoms with van der Waals surface area (Å²) < 4.78 is 2.02. The lowest BCUT2D eigenvalue weighted by Crippen LogP contribution is -2.09. The van der Waals surface area contributed by atoms with Crippen LogP contribution in [0, 0.1) is 0 Å². The summed E-state index contributed by atoms with van der Waals surface area (Å²) in [4.78, 5) is 0. The Labute approximate surface area is 154 Å². The van der Waals surface area contributed by atoms with Gasteiger partial charge in [0, 0.05) is 28.1 Å². The van der Waals surface area contributed by atoms with Gasteiger partial charge in [-0.1, -0.05) is 41.7 Å². The first kappa shape index (κ1) is 15.8. The van der Waals surface area contributed by atoms with Crippen LogP contribution in [0.1, 0.15) is 18.7 Å². The number of nitrogens with zero attached hydrogens (tertiary/aromatic N) is 3. The molecule has 2 heterocycles. The van der Waals surface area contributed by atoms with E-state index >= 15 is 0 Å². The summed E-state index contributed by atoms with van der Waals surface area (Å²) in [5.41, 5.74) is 2.63. The summed E-state index contributed by atoms with van der Waals surface area (Å²) in [6, 6.07) is 11.0. The number of fused-ring (bicyclic) bond motifs is 3. The molecule has 0 fully saturated rings. The lowest BCUT2D eigenvalue weighted by Gasteiger charge is -2.13. The SMILES string of the molecule is C[C@H]1CNc2cc(Cl)ccc2-n2c(-c3cc(Cl)ccc3Cl)nnc21. The van der Waals surface area contributed by atoms with E-state index in [1.54, 1.807) is 18.2 Å². The van der Waals surface area contributed by atoms with Crippen molar-refractivity contribution in [1.29, 1.82) is 0 Å². The first-order valence-corrected chi connectivity index (χ1v) is 8.62. The van der Waals surface area contributed by atoms with Gasteiger partial charge in [0.15, 0.2) is 5.82 Å². The molecule has 1 aliphatic rings. The fourth-order valence-electron chi connectivity index (χ4n) is 2.90. The molecule has 0 bridgehead atoms. The number of hydrogen-bond donors (Lipinski definition) is 1. The Morgan fingerprint density at radius 1 is 1.04 bits per heavy atom. The van der Waals surface area contributed by atoms with Crippen LogP contribution in [0.15, 0.2) is 36.4 Å². The first-order valence-electron chi connectivity index (χ1n) is 7.49. The number of nitrogens with one attached hydrogen (secondary N) is 1. The number of hydrogen-bond acceptors (Lipinski definition) is 3. The molecule has 3 aromatic rings. The molecule has 4 rings (SSSR count). The predicted octanol–water partition coefficient (Wildman–Crippen LogP) is 5.42. The van der Waals surface area contributed by atoms with Gasteiger partial charge in [-0.2, -0.15) is 0 Å². The van der Waals surface area contributed by atoms with Gasteiger partial charge in [-0.3, -0.25) is 4.57 Å². The minimum Gasteiger partial charge on any atom is -0.383 e. The fraction of sp³-hybridized carbons (Fsp3) is 0.176. The Hall–Kier alpha value is -1.75. The molecule has 0 amide bonds. The molecule has 2 aromatic carbocycles. The standard InChI is InChI=1S/C17H13Cl3N4/c1-9-8-21-14-7-11(19)3-5-15(14)24-16(9)22-23-17(24)12-6-10(18)2-4-13(12)20/h2-7,9,21H,8H2,1H3/t9-/m0/s1. The molecule has 0 spiro atoms. The average molecular weight is 380 g/mol. The topological polar surface area (TPSA) is 42.7 Å². The molecule has 122 valence electrons. The highest BCUT2D eigenvalue weighted by Crippen LogP contribution is 2.37. The zero-order chi connectivity index (χ0) is 16.8. The zero-order valence-electron chi connectivity index (χ0n) is 12.7. The highest BCUT2D eigenvalue weighted by molar-refractivity contribution is 6.35. The normalized spacial score (nSPS) is 16.1. The largest absolute Gasteiger partial charge is 0.383 e. The second-order valence-electron chi connectivity index (χ2n) is 5.78. The van der Waals surface area contributed by atoms with Gasteiger partial charge in [0.25, 0.3) is 0 Å². The molecular formula is C17H13Cl3N4. The summed E-state index contributed by atoms with van der Waals surface area (Å²) in [6.07, 6.45) is 0. The second kappa shape index (κ2) is 5.96. The molecule has 0 aliphatic carbocycles. The van der Waals surface area contributed by atoms with E-state index in [9.17, 15) is 0 Å². The molecule has 0 saturated carbocycles. The smallest absolute Gasteiger partial charge is 0.170 e. The summed E-state index contributed by atoms with van der Waals surface area (Å²) in [5.74, 6) is 1.71. The Bertz CT molecular complexity index is 936. The van der Waals surface area contributed by atoms with Crippen molar-refractivity contribution in [2.75, 3.05) is 11.9 Å². The number of anilines is 1. The third-order valence-electron chi connectivity index (χ3n) is 4.10. The Morgan fingerprint density at radius 2 is 1.79 bits per heavy atom. The molecule has 4 nitrogen and oxygen atoms in total. The van der Waals surface area contributed by atoms with Crippen LogP contribution < -0.4 is 5.32 Å². The maximum Gasteiger partial charge on any atom is 0.170 e. The molecule has 0 radical (unpaired) electrons. The van der Waals surface area contributed by atoms with E-state index in [4.69, 9.17) is 34.8 Å². The third kappa shape index (κ3) is 2.55. The van der Waals surface area contributed by atoms with Crippen molar-refractivity contribution in [3.05, 3.63) is 57.3 Å². The summed E-state index contributed by atoms with van der Waals surface area (Å²) in [6.45, 7) is 2.85. The Kier molecular flexibility index (Phi) is 3.91. The van der Waals surface area contributed by atoms with Crippen LogP contribution in [0.5, 0.6) is 0 Å². The van der Waals surface area contributed by atoms with Crippen LogP contribution in [0.25, 0.3) is 17.1 Å². The van der Waals surface area contributed by atoms with Crippen LogP contribution in [0.2, 0.25) is 15.1 Å².